The number of methoxy groups -OCH3 is 1. The first-order valence-electron chi connectivity index (χ1n) is 10.7. The number of carbonyl (C=O) groups excluding carboxylic acids is 1. The molecular formula is C25H24Cl2F3N3O2. The molecule has 0 saturated heterocycles. The van der Waals surface area contributed by atoms with Crippen LogP contribution in [0.2, 0.25) is 10.0 Å². The van der Waals surface area contributed by atoms with Gasteiger partial charge in [0.25, 0.3) is 0 Å². The molecule has 1 amide bonds. The average molecular weight is 526 g/mol. The van der Waals surface area contributed by atoms with Crippen molar-refractivity contribution in [2.24, 2.45) is 0 Å². The van der Waals surface area contributed by atoms with Gasteiger partial charge in [0.05, 0.1) is 12.1 Å². The molecule has 1 heterocycles. The van der Waals surface area contributed by atoms with Gasteiger partial charge in [-0.1, -0.05) is 47.5 Å². The van der Waals surface area contributed by atoms with Gasteiger partial charge in [-0.15, -0.1) is 0 Å². The van der Waals surface area contributed by atoms with Gasteiger partial charge in [-0.25, -0.2) is 0 Å². The second-order valence-electron chi connectivity index (χ2n) is 7.80. The van der Waals surface area contributed by atoms with E-state index in [1.807, 2.05) is 6.07 Å². The number of halogens is 5. The van der Waals surface area contributed by atoms with E-state index >= 15 is 0 Å². The fraction of sp³-hybridized carbons (Fsp3) is 0.280. The third-order valence-corrected chi connectivity index (χ3v) is 6.06. The molecule has 0 unspecified atom stereocenters. The number of carbonyl (C=O) groups is 1. The molecule has 0 bridgehead atoms. The van der Waals surface area contributed by atoms with Gasteiger partial charge in [0, 0.05) is 24.3 Å². The van der Waals surface area contributed by atoms with Gasteiger partial charge in [0.2, 0.25) is 5.91 Å². The second-order valence-corrected chi connectivity index (χ2v) is 8.64. The smallest absolute Gasteiger partial charge is 0.433 e. The molecule has 0 aliphatic rings. The molecule has 2 aromatic carbocycles. The third kappa shape index (κ3) is 7.10. The molecule has 2 atom stereocenters. The first kappa shape index (κ1) is 26.8. The van der Waals surface area contributed by atoms with Gasteiger partial charge in [0.1, 0.15) is 17.5 Å². The number of hydrogen-bond acceptors (Lipinski definition) is 4. The van der Waals surface area contributed by atoms with Crippen LogP contribution in [0.1, 0.15) is 40.9 Å². The van der Waals surface area contributed by atoms with Gasteiger partial charge in [0.15, 0.2) is 0 Å². The lowest BCUT2D eigenvalue weighted by Crippen LogP contribution is -2.38. The molecule has 186 valence electrons. The minimum atomic E-state index is -4.50. The monoisotopic (exact) mass is 525 g/mol. The number of hydrogen-bond donors (Lipinski definition) is 2. The molecule has 0 spiro atoms. The first-order chi connectivity index (χ1) is 16.6. The van der Waals surface area contributed by atoms with Crippen molar-refractivity contribution in [3.8, 4) is 5.75 Å². The summed E-state index contributed by atoms with van der Waals surface area (Å²) < 4.78 is 43.9. The highest BCUT2D eigenvalue weighted by Crippen LogP contribution is 2.32. The predicted octanol–water partition coefficient (Wildman–Crippen LogP) is 6.17. The van der Waals surface area contributed by atoms with Gasteiger partial charge < -0.3 is 10.1 Å². The number of nitrogens with one attached hydrogen (secondary N) is 2. The summed E-state index contributed by atoms with van der Waals surface area (Å²) in [6.45, 7) is 0. The first-order valence-corrected chi connectivity index (χ1v) is 11.5. The van der Waals surface area contributed by atoms with Gasteiger partial charge in [-0.2, -0.15) is 13.2 Å². The lowest BCUT2D eigenvalue weighted by atomic mass is 9.96. The SMILES string of the molecule is CNC(=O)[C@H](N[C@@H](CCc1ccc(C(F)(F)F)nc1)c1ccc(Cl)c(OC)c1)c1ccc(Cl)cc1. The summed E-state index contributed by atoms with van der Waals surface area (Å²) in [5.41, 5.74) is 1.19. The van der Waals surface area contributed by atoms with Crippen molar-refractivity contribution < 1.29 is 22.7 Å². The molecule has 0 radical (unpaired) electrons. The molecule has 35 heavy (non-hydrogen) atoms. The lowest BCUT2D eigenvalue weighted by molar-refractivity contribution is -0.141. The molecule has 3 rings (SSSR count). The summed E-state index contributed by atoms with van der Waals surface area (Å²) >= 11 is 12.2. The summed E-state index contributed by atoms with van der Waals surface area (Å²) in [6.07, 6.45) is -2.41. The highest BCUT2D eigenvalue weighted by molar-refractivity contribution is 6.32. The van der Waals surface area contributed by atoms with Crippen LogP contribution in [0.3, 0.4) is 0 Å². The number of rotatable bonds is 9. The Morgan fingerprint density at radius 3 is 2.31 bits per heavy atom. The zero-order valence-electron chi connectivity index (χ0n) is 19.0. The number of benzene rings is 2. The summed E-state index contributed by atoms with van der Waals surface area (Å²) in [4.78, 5) is 16.3. The van der Waals surface area contributed by atoms with Crippen LogP contribution in [-0.4, -0.2) is 25.0 Å². The number of aromatic nitrogens is 1. The fourth-order valence-corrected chi connectivity index (χ4v) is 3.94. The van der Waals surface area contributed by atoms with E-state index in [0.29, 0.717) is 39.8 Å². The minimum Gasteiger partial charge on any atom is -0.495 e. The van der Waals surface area contributed by atoms with E-state index in [-0.39, 0.29) is 11.9 Å². The molecule has 2 N–H and O–H groups in total. The number of likely N-dealkylation sites (N-methyl/N-ethyl adjacent to an activating group) is 1. The minimum absolute atomic E-state index is 0.255. The third-order valence-electron chi connectivity index (χ3n) is 5.49. The van der Waals surface area contributed by atoms with E-state index in [1.54, 1.807) is 43.4 Å². The number of pyridine rings is 1. The molecule has 5 nitrogen and oxygen atoms in total. The van der Waals surface area contributed by atoms with Crippen LogP contribution in [0.5, 0.6) is 5.75 Å². The predicted molar refractivity (Wildman–Crippen MR) is 130 cm³/mol. The number of nitrogens with zero attached hydrogens (tertiary/aromatic N) is 1. The Hall–Kier alpha value is -2.81. The Labute approximate surface area is 211 Å². The maximum Gasteiger partial charge on any atom is 0.433 e. The van der Waals surface area contributed by atoms with E-state index in [9.17, 15) is 18.0 Å². The van der Waals surface area contributed by atoms with E-state index in [1.165, 1.54) is 19.4 Å². The molecule has 0 aliphatic carbocycles. The largest absolute Gasteiger partial charge is 0.495 e. The highest BCUT2D eigenvalue weighted by Gasteiger charge is 2.32. The Kier molecular flexibility index (Phi) is 8.99. The van der Waals surface area contributed by atoms with Crippen LogP contribution < -0.4 is 15.4 Å². The maximum atomic E-state index is 12.9. The second kappa shape index (κ2) is 11.7. The Morgan fingerprint density at radius 2 is 1.74 bits per heavy atom. The van der Waals surface area contributed by atoms with E-state index in [4.69, 9.17) is 27.9 Å². The molecule has 0 saturated carbocycles. The van der Waals surface area contributed by atoms with Crippen molar-refractivity contribution in [2.75, 3.05) is 14.2 Å². The highest BCUT2D eigenvalue weighted by atomic mass is 35.5. The van der Waals surface area contributed by atoms with Crippen LogP contribution in [0.25, 0.3) is 0 Å². The van der Waals surface area contributed by atoms with Crippen LogP contribution in [0.4, 0.5) is 13.2 Å². The zero-order chi connectivity index (χ0) is 25.6. The van der Waals surface area contributed by atoms with Crippen molar-refractivity contribution in [1.82, 2.24) is 15.6 Å². The molecule has 10 heteroatoms. The van der Waals surface area contributed by atoms with Gasteiger partial charge in [-0.3, -0.25) is 15.1 Å². The Morgan fingerprint density at radius 1 is 1.06 bits per heavy atom. The van der Waals surface area contributed by atoms with Crippen LogP contribution in [-0.2, 0) is 17.4 Å². The fourth-order valence-electron chi connectivity index (χ4n) is 3.61. The van der Waals surface area contributed by atoms with Crippen molar-refractivity contribution in [3.05, 3.63) is 93.2 Å². The molecule has 0 aliphatic heterocycles. The number of alkyl halides is 3. The lowest BCUT2D eigenvalue weighted by Gasteiger charge is -2.26. The Balaban J connectivity index is 1.91. The van der Waals surface area contributed by atoms with Gasteiger partial charge in [-0.05, 0) is 59.9 Å². The van der Waals surface area contributed by atoms with Crippen molar-refractivity contribution >= 4 is 29.1 Å². The molecule has 3 aromatic rings. The zero-order valence-corrected chi connectivity index (χ0v) is 20.5. The van der Waals surface area contributed by atoms with Crippen molar-refractivity contribution in [3.63, 3.8) is 0 Å². The average Bonchev–Trinajstić information content (AvgIpc) is 2.84. The molecular weight excluding hydrogens is 502 g/mol. The molecule has 1 aromatic heterocycles. The van der Waals surface area contributed by atoms with E-state index < -0.39 is 17.9 Å². The summed E-state index contributed by atoms with van der Waals surface area (Å²) in [7, 11) is 3.05. The number of amides is 1. The number of ether oxygens (including phenoxy) is 1. The van der Waals surface area contributed by atoms with Gasteiger partial charge >= 0.3 is 6.18 Å². The van der Waals surface area contributed by atoms with E-state index in [2.05, 4.69) is 15.6 Å². The van der Waals surface area contributed by atoms with E-state index in [0.717, 1.165) is 11.6 Å². The van der Waals surface area contributed by atoms with Crippen molar-refractivity contribution in [1.29, 1.82) is 0 Å². The van der Waals surface area contributed by atoms with Crippen LogP contribution >= 0.6 is 23.2 Å². The standard InChI is InChI=1S/C25H24Cl2F3N3O2/c1-31-24(34)23(16-5-8-18(26)9-6-16)33-20(17-7-10-19(27)21(13-17)35-2)11-3-15-4-12-22(32-14-15)25(28,29)30/h4-10,12-14,20,23,33H,3,11H2,1-2H3,(H,31,34)/t20-,23+/m0/s1. The quantitative estimate of drug-likeness (QED) is 0.350. The Bertz CT molecular complexity index is 1140. The number of aryl methyl sites for hydroxylation is 1. The summed E-state index contributed by atoms with van der Waals surface area (Å²) in [6, 6.07) is 13.5. The van der Waals surface area contributed by atoms with Crippen LogP contribution in [0.15, 0.2) is 60.8 Å². The summed E-state index contributed by atoms with van der Waals surface area (Å²) in [5, 5.41) is 7.02. The maximum absolute atomic E-state index is 12.9. The van der Waals surface area contributed by atoms with Crippen molar-refractivity contribution in [2.45, 2.75) is 31.1 Å². The van der Waals surface area contributed by atoms with Crippen LogP contribution in [0, 0.1) is 0 Å². The topological polar surface area (TPSA) is 63.2 Å². The molecule has 0 fully saturated rings. The summed E-state index contributed by atoms with van der Waals surface area (Å²) in [5.74, 6) is 0.213. The normalized spacial score (nSPS) is 13.2.